The first-order valence-corrected chi connectivity index (χ1v) is 7.75. The van der Waals surface area contributed by atoms with Gasteiger partial charge in [-0.25, -0.2) is 0 Å². The van der Waals surface area contributed by atoms with Gasteiger partial charge >= 0.3 is 0 Å². The minimum absolute atomic E-state index is 0.0115. The summed E-state index contributed by atoms with van der Waals surface area (Å²) in [5, 5.41) is 0. The molecule has 5 nitrogen and oxygen atoms in total. The van der Waals surface area contributed by atoms with Crippen LogP contribution in [0.3, 0.4) is 0 Å². The number of hydrogen-bond acceptors (Lipinski definition) is 5. The Morgan fingerprint density at radius 2 is 1.81 bits per heavy atom. The van der Waals surface area contributed by atoms with Crippen molar-refractivity contribution in [1.82, 2.24) is 9.88 Å². The van der Waals surface area contributed by atoms with Crippen molar-refractivity contribution in [3.63, 3.8) is 0 Å². The largest absolute Gasteiger partial charge is 0.380 e. The van der Waals surface area contributed by atoms with Crippen LogP contribution >= 0.6 is 0 Å². The fourth-order valence-corrected chi connectivity index (χ4v) is 2.44. The van der Waals surface area contributed by atoms with Crippen molar-refractivity contribution < 1.29 is 9.47 Å². The second-order valence-electron chi connectivity index (χ2n) is 5.02. The topological polar surface area (TPSA) is 60.6 Å². The van der Waals surface area contributed by atoms with Crippen LogP contribution in [0.15, 0.2) is 24.5 Å². The van der Waals surface area contributed by atoms with Crippen LogP contribution < -0.4 is 5.73 Å². The van der Waals surface area contributed by atoms with Gasteiger partial charge < -0.3 is 15.2 Å². The predicted molar refractivity (Wildman–Crippen MR) is 85.2 cm³/mol. The van der Waals surface area contributed by atoms with Gasteiger partial charge in [0.15, 0.2) is 0 Å². The third kappa shape index (κ3) is 6.52. The van der Waals surface area contributed by atoms with E-state index in [9.17, 15) is 0 Å². The van der Waals surface area contributed by atoms with Crippen molar-refractivity contribution in [3.8, 4) is 0 Å². The maximum Gasteiger partial charge on any atom is 0.0593 e. The van der Waals surface area contributed by atoms with Crippen LogP contribution in [0.5, 0.6) is 0 Å². The lowest BCUT2D eigenvalue weighted by Crippen LogP contribution is -2.42. The van der Waals surface area contributed by atoms with Gasteiger partial charge in [-0.2, -0.15) is 0 Å². The minimum Gasteiger partial charge on any atom is -0.380 e. The molecule has 0 fully saturated rings. The molecule has 0 aliphatic rings. The Labute approximate surface area is 128 Å². The van der Waals surface area contributed by atoms with Crippen LogP contribution in [0, 0.1) is 0 Å². The van der Waals surface area contributed by atoms with Crippen molar-refractivity contribution >= 4 is 0 Å². The molecule has 0 saturated heterocycles. The molecular formula is C16H29N3O2. The fourth-order valence-electron chi connectivity index (χ4n) is 2.44. The number of nitrogens with two attached hydrogens (primary N) is 1. The Bertz CT molecular complexity index is 350. The van der Waals surface area contributed by atoms with Gasteiger partial charge in [-0.1, -0.05) is 6.07 Å². The van der Waals surface area contributed by atoms with Gasteiger partial charge in [0.1, 0.15) is 0 Å². The highest BCUT2D eigenvalue weighted by atomic mass is 16.5. The van der Waals surface area contributed by atoms with Crippen molar-refractivity contribution in [2.45, 2.75) is 32.9 Å². The molecule has 0 aliphatic heterocycles. The summed E-state index contributed by atoms with van der Waals surface area (Å²) in [5.41, 5.74) is 7.37. The van der Waals surface area contributed by atoms with Crippen LogP contribution in [-0.4, -0.2) is 55.4 Å². The highest BCUT2D eigenvalue weighted by molar-refractivity contribution is 5.16. The molecule has 2 unspecified atom stereocenters. The third-order valence-corrected chi connectivity index (χ3v) is 3.37. The number of hydrogen-bond donors (Lipinski definition) is 1. The van der Waals surface area contributed by atoms with Crippen LogP contribution in [-0.2, 0) is 9.47 Å². The lowest BCUT2D eigenvalue weighted by Gasteiger charge is -2.34. The average molecular weight is 295 g/mol. The van der Waals surface area contributed by atoms with E-state index in [0.29, 0.717) is 13.2 Å². The van der Waals surface area contributed by atoms with Gasteiger partial charge in [-0.15, -0.1) is 0 Å². The van der Waals surface area contributed by atoms with Crippen LogP contribution in [0.2, 0.25) is 0 Å². The van der Waals surface area contributed by atoms with Crippen molar-refractivity contribution in [2.75, 3.05) is 39.5 Å². The summed E-state index contributed by atoms with van der Waals surface area (Å²) in [6.45, 7) is 10.6. The Hall–Kier alpha value is -1.01. The highest BCUT2D eigenvalue weighted by Crippen LogP contribution is 2.22. The van der Waals surface area contributed by atoms with Gasteiger partial charge in [0, 0.05) is 44.7 Å². The third-order valence-electron chi connectivity index (χ3n) is 3.37. The van der Waals surface area contributed by atoms with Crippen LogP contribution in [0.4, 0.5) is 0 Å². The molecule has 1 aromatic rings. The monoisotopic (exact) mass is 295 g/mol. The van der Waals surface area contributed by atoms with Crippen LogP contribution in [0.1, 0.15) is 32.4 Å². The molecule has 2 atom stereocenters. The van der Waals surface area contributed by atoms with E-state index >= 15 is 0 Å². The highest BCUT2D eigenvalue weighted by Gasteiger charge is 2.23. The van der Waals surface area contributed by atoms with E-state index in [0.717, 1.165) is 31.9 Å². The Morgan fingerprint density at radius 3 is 2.24 bits per heavy atom. The zero-order valence-electron chi connectivity index (χ0n) is 13.5. The molecule has 0 radical (unpaired) electrons. The standard InChI is InChI=1S/C16H29N3O2/c1-4-20-11-9-19(10-12-21-5-2)16(14(3)17)15-7-6-8-18-13-15/h6-8,13-14,16H,4-5,9-12,17H2,1-3H3. The summed E-state index contributed by atoms with van der Waals surface area (Å²) in [6.07, 6.45) is 3.68. The van der Waals surface area contributed by atoms with E-state index in [1.54, 1.807) is 6.20 Å². The molecule has 0 aliphatic carbocycles. The molecule has 1 aromatic heterocycles. The quantitative estimate of drug-likeness (QED) is 0.631. The molecule has 2 N–H and O–H groups in total. The first kappa shape index (κ1) is 18.0. The molecule has 21 heavy (non-hydrogen) atoms. The first-order valence-electron chi connectivity index (χ1n) is 7.75. The maximum absolute atomic E-state index is 6.23. The van der Waals surface area contributed by atoms with E-state index in [4.69, 9.17) is 15.2 Å². The maximum atomic E-state index is 6.23. The zero-order valence-corrected chi connectivity index (χ0v) is 13.5. The average Bonchev–Trinajstić information content (AvgIpc) is 2.48. The molecular weight excluding hydrogens is 266 g/mol. The SMILES string of the molecule is CCOCCN(CCOCC)C(c1cccnc1)C(C)N. The Kier molecular flexibility index (Phi) is 9.17. The molecule has 0 spiro atoms. The molecule has 5 heteroatoms. The van der Waals surface area contributed by atoms with E-state index < -0.39 is 0 Å². The van der Waals surface area contributed by atoms with Crippen molar-refractivity contribution in [1.29, 1.82) is 0 Å². The van der Waals surface area contributed by atoms with Gasteiger partial charge in [-0.3, -0.25) is 9.88 Å². The number of aromatic nitrogens is 1. The van der Waals surface area contributed by atoms with Gasteiger partial charge in [-0.05, 0) is 32.4 Å². The molecule has 0 aromatic carbocycles. The molecule has 0 saturated carbocycles. The molecule has 0 bridgehead atoms. The van der Waals surface area contributed by atoms with E-state index in [1.807, 2.05) is 33.0 Å². The summed E-state index contributed by atoms with van der Waals surface area (Å²) in [4.78, 5) is 6.54. The first-order chi connectivity index (χ1) is 10.2. The number of nitrogens with zero attached hydrogens (tertiary/aromatic N) is 2. The summed E-state index contributed by atoms with van der Waals surface area (Å²) < 4.78 is 11.0. The Morgan fingerprint density at radius 1 is 1.19 bits per heavy atom. The molecule has 0 amide bonds. The molecule has 120 valence electrons. The van der Waals surface area contributed by atoms with Gasteiger partial charge in [0.25, 0.3) is 0 Å². The zero-order chi connectivity index (χ0) is 15.5. The second kappa shape index (κ2) is 10.7. The van der Waals surface area contributed by atoms with Crippen molar-refractivity contribution in [2.24, 2.45) is 5.73 Å². The fraction of sp³-hybridized carbons (Fsp3) is 0.688. The van der Waals surface area contributed by atoms with Gasteiger partial charge in [0.05, 0.1) is 19.3 Å². The number of rotatable bonds is 11. The lowest BCUT2D eigenvalue weighted by molar-refractivity contribution is 0.0572. The van der Waals surface area contributed by atoms with Crippen molar-refractivity contribution in [3.05, 3.63) is 30.1 Å². The normalized spacial score (nSPS) is 14.3. The van der Waals surface area contributed by atoms with E-state index in [2.05, 4.69) is 16.0 Å². The number of ether oxygens (including phenoxy) is 2. The van der Waals surface area contributed by atoms with E-state index in [-0.39, 0.29) is 12.1 Å². The molecule has 1 rings (SSSR count). The predicted octanol–water partition coefficient (Wildman–Crippen LogP) is 1.84. The van der Waals surface area contributed by atoms with Crippen LogP contribution in [0.25, 0.3) is 0 Å². The molecule has 1 heterocycles. The lowest BCUT2D eigenvalue weighted by atomic mass is 10.0. The second-order valence-corrected chi connectivity index (χ2v) is 5.02. The summed E-state index contributed by atoms with van der Waals surface area (Å²) >= 11 is 0. The number of pyridine rings is 1. The minimum atomic E-state index is 0.0115. The Balaban J connectivity index is 2.78. The van der Waals surface area contributed by atoms with E-state index in [1.165, 1.54) is 0 Å². The van der Waals surface area contributed by atoms with Gasteiger partial charge in [0.2, 0.25) is 0 Å². The smallest absolute Gasteiger partial charge is 0.0593 e. The summed E-state index contributed by atoms with van der Waals surface area (Å²) in [5.74, 6) is 0. The summed E-state index contributed by atoms with van der Waals surface area (Å²) in [7, 11) is 0. The summed E-state index contributed by atoms with van der Waals surface area (Å²) in [6, 6.07) is 4.17.